The number of hydrogen-bond acceptors (Lipinski definition) is 6. The van der Waals surface area contributed by atoms with E-state index in [1.807, 2.05) is 0 Å². The summed E-state index contributed by atoms with van der Waals surface area (Å²) in [6, 6.07) is 2.82. The highest BCUT2D eigenvalue weighted by Crippen LogP contribution is 2.21. The lowest BCUT2D eigenvalue weighted by Gasteiger charge is -2.14. The van der Waals surface area contributed by atoms with Gasteiger partial charge in [0.2, 0.25) is 0 Å². The maximum Gasteiger partial charge on any atom is 0.330 e. The Balaban J connectivity index is 3.01. The molecule has 108 valence electrons. The molecule has 1 aromatic carbocycles. The zero-order valence-electron chi connectivity index (χ0n) is 11.0. The fourth-order valence-electron chi connectivity index (χ4n) is 1.62. The van der Waals surface area contributed by atoms with Crippen molar-refractivity contribution in [3.63, 3.8) is 0 Å². The lowest BCUT2D eigenvalue weighted by atomic mass is 10.1. The molecule has 0 saturated heterocycles. The Morgan fingerprint density at radius 2 is 2.15 bits per heavy atom. The molecule has 8 nitrogen and oxygen atoms in total. The molecular formula is C12H14N2O6. The SMILES string of the molecule is COC(=O)C(CO)NC(=O)c1cccc([N+](=O)[O-])c1C. The van der Waals surface area contributed by atoms with Crippen molar-refractivity contribution < 1.29 is 24.4 Å². The van der Waals surface area contributed by atoms with E-state index in [9.17, 15) is 19.7 Å². The number of aliphatic hydroxyl groups excluding tert-OH is 1. The number of carbonyl (C=O) groups is 2. The zero-order chi connectivity index (χ0) is 15.3. The highest BCUT2D eigenvalue weighted by molar-refractivity contribution is 5.98. The van der Waals surface area contributed by atoms with Crippen molar-refractivity contribution in [2.24, 2.45) is 0 Å². The summed E-state index contributed by atoms with van der Waals surface area (Å²) in [4.78, 5) is 33.4. The number of carbonyl (C=O) groups excluding carboxylic acids is 2. The fraction of sp³-hybridized carbons (Fsp3) is 0.333. The number of benzene rings is 1. The van der Waals surface area contributed by atoms with Crippen LogP contribution in [0, 0.1) is 17.0 Å². The van der Waals surface area contributed by atoms with E-state index in [1.165, 1.54) is 25.1 Å². The number of nitrogens with one attached hydrogen (secondary N) is 1. The number of nitro groups is 1. The smallest absolute Gasteiger partial charge is 0.330 e. The van der Waals surface area contributed by atoms with E-state index in [0.717, 1.165) is 7.11 Å². The fourth-order valence-corrected chi connectivity index (χ4v) is 1.62. The average molecular weight is 282 g/mol. The standard InChI is InChI=1S/C12H14N2O6/c1-7-8(4-3-5-10(7)14(18)19)11(16)13-9(6-15)12(17)20-2/h3-5,9,15H,6H2,1-2H3,(H,13,16). The molecule has 0 aliphatic heterocycles. The summed E-state index contributed by atoms with van der Waals surface area (Å²) >= 11 is 0. The Morgan fingerprint density at radius 1 is 1.50 bits per heavy atom. The summed E-state index contributed by atoms with van der Waals surface area (Å²) in [6.45, 7) is 0.797. The number of methoxy groups -OCH3 is 1. The van der Waals surface area contributed by atoms with Gasteiger partial charge in [-0.1, -0.05) is 6.07 Å². The Morgan fingerprint density at radius 3 is 2.65 bits per heavy atom. The molecule has 0 aliphatic carbocycles. The maximum absolute atomic E-state index is 12.0. The molecule has 1 aromatic rings. The van der Waals surface area contributed by atoms with Gasteiger partial charge in [0.15, 0.2) is 6.04 Å². The van der Waals surface area contributed by atoms with E-state index in [0.29, 0.717) is 0 Å². The molecule has 1 unspecified atom stereocenters. The summed E-state index contributed by atoms with van der Waals surface area (Å²) in [5, 5.41) is 22.1. The van der Waals surface area contributed by atoms with Crippen LogP contribution in [0.25, 0.3) is 0 Å². The first-order valence-electron chi connectivity index (χ1n) is 5.66. The third-order valence-electron chi connectivity index (χ3n) is 2.72. The number of rotatable bonds is 5. The van der Waals surface area contributed by atoms with Crippen LogP contribution in [0.2, 0.25) is 0 Å². The minimum absolute atomic E-state index is 0.0570. The van der Waals surface area contributed by atoms with E-state index in [1.54, 1.807) is 0 Å². The number of aliphatic hydroxyl groups is 1. The minimum atomic E-state index is -1.22. The summed E-state index contributed by atoms with van der Waals surface area (Å²) in [5.74, 6) is -1.50. The quantitative estimate of drug-likeness (QED) is 0.451. The van der Waals surface area contributed by atoms with Gasteiger partial charge in [-0.3, -0.25) is 14.9 Å². The van der Waals surface area contributed by atoms with E-state index in [4.69, 9.17) is 5.11 Å². The van der Waals surface area contributed by atoms with Crippen molar-refractivity contribution in [1.29, 1.82) is 0 Å². The maximum atomic E-state index is 12.0. The van der Waals surface area contributed by atoms with Crippen molar-refractivity contribution in [3.05, 3.63) is 39.4 Å². The van der Waals surface area contributed by atoms with Crippen LogP contribution >= 0.6 is 0 Å². The van der Waals surface area contributed by atoms with E-state index in [2.05, 4.69) is 10.1 Å². The number of nitrogens with zero attached hydrogens (tertiary/aromatic N) is 1. The predicted molar refractivity (Wildman–Crippen MR) is 68.2 cm³/mol. The van der Waals surface area contributed by atoms with Crippen LogP contribution in [0.4, 0.5) is 5.69 Å². The minimum Gasteiger partial charge on any atom is -0.467 e. The molecule has 1 atom stereocenters. The third-order valence-corrected chi connectivity index (χ3v) is 2.72. The molecule has 0 radical (unpaired) electrons. The lowest BCUT2D eigenvalue weighted by Crippen LogP contribution is -2.44. The average Bonchev–Trinajstić information content (AvgIpc) is 2.43. The van der Waals surface area contributed by atoms with Crippen LogP contribution in [-0.4, -0.2) is 41.7 Å². The second-order valence-electron chi connectivity index (χ2n) is 3.94. The number of nitro benzene ring substituents is 1. The van der Waals surface area contributed by atoms with Crippen LogP contribution in [-0.2, 0) is 9.53 Å². The van der Waals surface area contributed by atoms with Gasteiger partial charge in [0.05, 0.1) is 18.6 Å². The van der Waals surface area contributed by atoms with Gasteiger partial charge >= 0.3 is 5.97 Å². The van der Waals surface area contributed by atoms with Crippen molar-refractivity contribution in [1.82, 2.24) is 5.32 Å². The highest BCUT2D eigenvalue weighted by Gasteiger charge is 2.24. The van der Waals surface area contributed by atoms with Gasteiger partial charge in [-0.25, -0.2) is 4.79 Å². The van der Waals surface area contributed by atoms with Crippen molar-refractivity contribution in [3.8, 4) is 0 Å². The molecule has 1 rings (SSSR count). The summed E-state index contributed by atoms with van der Waals surface area (Å²) in [7, 11) is 1.12. The highest BCUT2D eigenvalue weighted by atomic mass is 16.6. The molecule has 0 spiro atoms. The number of amides is 1. The van der Waals surface area contributed by atoms with Gasteiger partial charge in [0.1, 0.15) is 0 Å². The van der Waals surface area contributed by atoms with Crippen LogP contribution in [0.5, 0.6) is 0 Å². The molecular weight excluding hydrogens is 268 g/mol. The van der Waals surface area contributed by atoms with Gasteiger partial charge in [-0.15, -0.1) is 0 Å². The first-order valence-corrected chi connectivity index (χ1v) is 5.66. The van der Waals surface area contributed by atoms with E-state index in [-0.39, 0.29) is 16.8 Å². The number of hydrogen-bond donors (Lipinski definition) is 2. The van der Waals surface area contributed by atoms with Crippen LogP contribution < -0.4 is 5.32 Å². The van der Waals surface area contributed by atoms with Gasteiger partial charge in [0.25, 0.3) is 11.6 Å². The van der Waals surface area contributed by atoms with E-state index < -0.39 is 29.4 Å². The zero-order valence-corrected chi connectivity index (χ0v) is 11.0. The van der Waals surface area contributed by atoms with E-state index >= 15 is 0 Å². The molecule has 0 bridgehead atoms. The molecule has 2 N–H and O–H groups in total. The molecule has 0 saturated carbocycles. The van der Waals surface area contributed by atoms with Gasteiger partial charge in [0, 0.05) is 17.2 Å². The third kappa shape index (κ3) is 3.29. The van der Waals surface area contributed by atoms with Crippen LogP contribution in [0.15, 0.2) is 18.2 Å². The normalized spacial score (nSPS) is 11.6. The molecule has 20 heavy (non-hydrogen) atoms. The summed E-state index contributed by atoms with van der Waals surface area (Å²) in [6.07, 6.45) is 0. The van der Waals surface area contributed by atoms with Crippen LogP contribution in [0.3, 0.4) is 0 Å². The topological polar surface area (TPSA) is 119 Å². The molecule has 0 aliphatic rings. The second kappa shape index (κ2) is 6.62. The Bertz CT molecular complexity index is 543. The second-order valence-corrected chi connectivity index (χ2v) is 3.94. The number of ether oxygens (including phenoxy) is 1. The van der Waals surface area contributed by atoms with Gasteiger partial charge in [-0.05, 0) is 13.0 Å². The Hall–Kier alpha value is -2.48. The molecule has 0 aromatic heterocycles. The molecule has 0 fully saturated rings. The number of esters is 1. The first kappa shape index (κ1) is 15.6. The predicted octanol–water partition coefficient (Wildman–Crippen LogP) is 0.167. The summed E-state index contributed by atoms with van der Waals surface area (Å²) < 4.78 is 4.41. The van der Waals surface area contributed by atoms with Crippen molar-refractivity contribution in [2.45, 2.75) is 13.0 Å². The molecule has 1 amide bonds. The van der Waals surface area contributed by atoms with Crippen molar-refractivity contribution in [2.75, 3.05) is 13.7 Å². The lowest BCUT2D eigenvalue weighted by molar-refractivity contribution is -0.385. The molecule has 0 heterocycles. The van der Waals surface area contributed by atoms with Gasteiger partial charge in [-0.2, -0.15) is 0 Å². The van der Waals surface area contributed by atoms with Crippen LogP contribution in [0.1, 0.15) is 15.9 Å². The largest absolute Gasteiger partial charge is 0.467 e. The Kier molecular flexibility index (Phi) is 5.15. The summed E-state index contributed by atoms with van der Waals surface area (Å²) in [5.41, 5.74) is 0.0365. The van der Waals surface area contributed by atoms with Gasteiger partial charge < -0.3 is 15.2 Å². The first-order chi connectivity index (χ1) is 9.42. The molecule has 8 heteroatoms. The Labute approximate surface area is 114 Å². The monoisotopic (exact) mass is 282 g/mol. The van der Waals surface area contributed by atoms with Crippen molar-refractivity contribution >= 4 is 17.6 Å².